The lowest BCUT2D eigenvalue weighted by Gasteiger charge is -2.24. The maximum absolute atomic E-state index is 12.8. The van der Waals surface area contributed by atoms with Crippen LogP contribution in [0.3, 0.4) is 0 Å². The molecule has 1 aliphatic rings. The molecule has 1 fully saturated rings. The van der Waals surface area contributed by atoms with Crippen molar-refractivity contribution in [3.8, 4) is 5.75 Å². The van der Waals surface area contributed by atoms with Crippen LogP contribution in [0.2, 0.25) is 5.02 Å². The zero-order valence-corrected chi connectivity index (χ0v) is 13.8. The van der Waals surface area contributed by atoms with E-state index in [1.54, 1.807) is 0 Å². The van der Waals surface area contributed by atoms with E-state index in [4.69, 9.17) is 11.6 Å². The number of benzene rings is 1. The van der Waals surface area contributed by atoms with E-state index in [9.17, 15) is 31.5 Å². The van der Waals surface area contributed by atoms with Crippen molar-refractivity contribution in [2.45, 2.75) is 41.5 Å². The zero-order chi connectivity index (χ0) is 18.2. The molecule has 24 heavy (non-hydrogen) atoms. The Morgan fingerprint density at radius 2 is 1.88 bits per heavy atom. The maximum atomic E-state index is 12.8. The third kappa shape index (κ3) is 3.46. The SMILES string of the molecule is O=C(O)C1(S(=O)(=O)c2ccc(OCC(F)(F)F)cc2Cl)CCCC1. The Hall–Kier alpha value is -1.48. The minimum absolute atomic E-state index is 0.0344. The first kappa shape index (κ1) is 18.9. The van der Waals surface area contributed by atoms with Crippen molar-refractivity contribution in [2.24, 2.45) is 0 Å². The molecule has 0 heterocycles. The van der Waals surface area contributed by atoms with E-state index in [0.29, 0.717) is 12.8 Å². The molecule has 0 aliphatic heterocycles. The summed E-state index contributed by atoms with van der Waals surface area (Å²) in [6.07, 6.45) is -3.71. The first-order chi connectivity index (χ1) is 11.0. The lowest BCUT2D eigenvalue weighted by molar-refractivity contribution is -0.153. The van der Waals surface area contributed by atoms with Crippen LogP contribution in [-0.4, -0.2) is 37.0 Å². The van der Waals surface area contributed by atoms with Crippen molar-refractivity contribution >= 4 is 27.4 Å². The van der Waals surface area contributed by atoms with Gasteiger partial charge in [-0.15, -0.1) is 0 Å². The molecule has 1 N–H and O–H groups in total. The number of ether oxygens (including phenoxy) is 1. The molecule has 0 atom stereocenters. The van der Waals surface area contributed by atoms with Crippen LogP contribution in [0.25, 0.3) is 0 Å². The highest BCUT2D eigenvalue weighted by atomic mass is 35.5. The van der Waals surface area contributed by atoms with Crippen LogP contribution in [0.1, 0.15) is 25.7 Å². The molecule has 1 aromatic rings. The van der Waals surface area contributed by atoms with Gasteiger partial charge in [-0.2, -0.15) is 13.2 Å². The second kappa shape index (κ2) is 6.44. The highest BCUT2D eigenvalue weighted by Gasteiger charge is 2.53. The highest BCUT2D eigenvalue weighted by molar-refractivity contribution is 7.93. The van der Waals surface area contributed by atoms with Crippen LogP contribution in [0, 0.1) is 0 Å². The average Bonchev–Trinajstić information content (AvgIpc) is 2.95. The van der Waals surface area contributed by atoms with Crippen LogP contribution in [-0.2, 0) is 14.6 Å². The molecule has 10 heteroatoms. The average molecular weight is 387 g/mol. The second-order valence-electron chi connectivity index (χ2n) is 5.51. The quantitative estimate of drug-likeness (QED) is 0.838. The van der Waals surface area contributed by atoms with Crippen molar-refractivity contribution in [3.05, 3.63) is 23.2 Å². The molecule has 0 radical (unpaired) electrons. The Balaban J connectivity index is 2.36. The number of rotatable bonds is 5. The lowest BCUT2D eigenvalue weighted by Crippen LogP contribution is -2.44. The predicted octanol–water partition coefficient (Wildman–Crippen LogP) is 3.45. The van der Waals surface area contributed by atoms with Gasteiger partial charge in [-0.05, 0) is 25.0 Å². The monoisotopic (exact) mass is 386 g/mol. The molecule has 0 unspecified atom stereocenters. The zero-order valence-electron chi connectivity index (χ0n) is 12.3. The molecule has 0 spiro atoms. The first-order valence-corrected chi connectivity index (χ1v) is 8.83. The summed E-state index contributed by atoms with van der Waals surface area (Å²) in [5.41, 5.74) is 0. The minimum Gasteiger partial charge on any atom is -0.484 e. The van der Waals surface area contributed by atoms with Gasteiger partial charge in [0.1, 0.15) is 5.75 Å². The van der Waals surface area contributed by atoms with E-state index in [0.717, 1.165) is 18.2 Å². The largest absolute Gasteiger partial charge is 0.484 e. The molecule has 0 aromatic heterocycles. The molecular weight excluding hydrogens is 373 g/mol. The van der Waals surface area contributed by atoms with Crippen LogP contribution in [0.4, 0.5) is 13.2 Å². The standard InChI is InChI=1S/C14H14ClF3O5S/c15-10-7-9(23-8-14(16,17)18)3-4-11(10)24(21,22)13(12(19)20)5-1-2-6-13/h3-4,7H,1-2,5-6,8H2,(H,19,20). The third-order valence-corrected chi connectivity index (χ3v) is 6.88. The Bertz CT molecular complexity index is 739. The summed E-state index contributed by atoms with van der Waals surface area (Å²) >= 11 is 5.88. The Morgan fingerprint density at radius 3 is 2.33 bits per heavy atom. The molecular formula is C14H14ClF3O5S. The summed E-state index contributed by atoms with van der Waals surface area (Å²) in [4.78, 5) is 11.1. The molecule has 0 amide bonds. The number of carboxylic acids is 1. The molecule has 2 rings (SSSR count). The Kier molecular flexibility index (Phi) is 5.06. The van der Waals surface area contributed by atoms with Gasteiger partial charge < -0.3 is 9.84 Å². The van der Waals surface area contributed by atoms with Gasteiger partial charge in [-0.25, -0.2) is 8.42 Å². The van der Waals surface area contributed by atoms with Crippen LogP contribution >= 0.6 is 11.6 Å². The van der Waals surface area contributed by atoms with Crippen molar-refractivity contribution in [3.63, 3.8) is 0 Å². The van der Waals surface area contributed by atoms with Gasteiger partial charge in [0.15, 0.2) is 21.2 Å². The summed E-state index contributed by atoms with van der Waals surface area (Å²) in [5, 5.41) is 9.04. The molecule has 1 aromatic carbocycles. The number of carbonyl (C=O) groups is 1. The van der Waals surface area contributed by atoms with E-state index in [2.05, 4.69) is 4.74 Å². The van der Waals surface area contributed by atoms with Crippen molar-refractivity contribution < 1.29 is 36.2 Å². The molecule has 0 bridgehead atoms. The predicted molar refractivity (Wildman–Crippen MR) is 79.0 cm³/mol. The van der Waals surface area contributed by atoms with Gasteiger partial charge in [0, 0.05) is 6.07 Å². The summed E-state index contributed by atoms with van der Waals surface area (Å²) in [6.45, 7) is -1.55. The van der Waals surface area contributed by atoms with Gasteiger partial charge in [0.2, 0.25) is 0 Å². The smallest absolute Gasteiger partial charge is 0.422 e. The summed E-state index contributed by atoms with van der Waals surface area (Å²) < 4.78 is 64.5. The highest BCUT2D eigenvalue weighted by Crippen LogP contribution is 2.43. The fourth-order valence-corrected chi connectivity index (χ4v) is 5.22. The van der Waals surface area contributed by atoms with E-state index in [-0.39, 0.29) is 23.6 Å². The molecule has 1 saturated carbocycles. The Morgan fingerprint density at radius 1 is 1.29 bits per heavy atom. The normalized spacial score (nSPS) is 17.7. The molecule has 0 saturated heterocycles. The van der Waals surface area contributed by atoms with E-state index in [1.165, 1.54) is 0 Å². The number of carboxylic acid groups (broad SMARTS) is 1. The fraction of sp³-hybridized carbons (Fsp3) is 0.500. The van der Waals surface area contributed by atoms with Gasteiger partial charge in [0.25, 0.3) is 0 Å². The van der Waals surface area contributed by atoms with Gasteiger partial charge in [-0.3, -0.25) is 4.79 Å². The summed E-state index contributed by atoms with van der Waals surface area (Å²) in [5.74, 6) is -1.71. The van der Waals surface area contributed by atoms with Gasteiger partial charge in [-0.1, -0.05) is 24.4 Å². The van der Waals surface area contributed by atoms with Crippen molar-refractivity contribution in [1.82, 2.24) is 0 Å². The second-order valence-corrected chi connectivity index (χ2v) is 8.14. The first-order valence-electron chi connectivity index (χ1n) is 6.97. The van der Waals surface area contributed by atoms with E-state index >= 15 is 0 Å². The molecule has 134 valence electrons. The van der Waals surface area contributed by atoms with Gasteiger partial charge >= 0.3 is 12.1 Å². The van der Waals surface area contributed by atoms with Crippen molar-refractivity contribution in [2.75, 3.05) is 6.61 Å². The van der Waals surface area contributed by atoms with E-state index in [1.807, 2.05) is 0 Å². The van der Waals surface area contributed by atoms with Crippen molar-refractivity contribution in [1.29, 1.82) is 0 Å². The van der Waals surface area contributed by atoms with Crippen LogP contribution in [0.15, 0.2) is 23.1 Å². The number of halogens is 4. The van der Waals surface area contributed by atoms with E-state index < -0.39 is 38.2 Å². The summed E-state index contributed by atoms with van der Waals surface area (Å²) in [7, 11) is -4.30. The molecule has 5 nitrogen and oxygen atoms in total. The topological polar surface area (TPSA) is 80.7 Å². The fourth-order valence-electron chi connectivity index (χ4n) is 2.71. The number of sulfone groups is 1. The van der Waals surface area contributed by atoms with Gasteiger partial charge in [0.05, 0.1) is 9.92 Å². The minimum atomic E-state index is -4.55. The molecule has 1 aliphatic carbocycles. The lowest BCUT2D eigenvalue weighted by atomic mass is 10.1. The maximum Gasteiger partial charge on any atom is 0.422 e. The van der Waals surface area contributed by atoms with Crippen LogP contribution < -0.4 is 4.74 Å². The number of aliphatic carboxylic acids is 1. The Labute approximate surface area is 141 Å². The number of alkyl halides is 3. The summed E-state index contributed by atoms with van der Waals surface area (Å²) in [6, 6.07) is 2.94. The van der Waals surface area contributed by atoms with Crippen LogP contribution in [0.5, 0.6) is 5.75 Å². The number of hydrogen-bond acceptors (Lipinski definition) is 4. The number of hydrogen-bond donors (Lipinski definition) is 1. The third-order valence-electron chi connectivity index (χ3n) is 3.91.